The Bertz CT molecular complexity index is 740. The average molecular weight is 293 g/mol. The zero-order valence-corrected chi connectivity index (χ0v) is 12.6. The Morgan fingerprint density at radius 2 is 2.14 bits per heavy atom. The van der Waals surface area contributed by atoms with Crippen molar-refractivity contribution in [2.75, 3.05) is 7.05 Å². The van der Waals surface area contributed by atoms with Crippen molar-refractivity contribution in [3.63, 3.8) is 0 Å². The van der Waals surface area contributed by atoms with E-state index in [1.54, 1.807) is 11.0 Å². The summed E-state index contributed by atoms with van der Waals surface area (Å²) in [7, 11) is 1.83. The number of pyridine rings is 1. The molecular formula is C18H19N3O. The zero-order chi connectivity index (χ0) is 15.3. The second-order valence-corrected chi connectivity index (χ2v) is 6.47. The van der Waals surface area contributed by atoms with Gasteiger partial charge in [0.15, 0.2) is 0 Å². The van der Waals surface area contributed by atoms with Crippen LogP contribution < -0.4 is 5.73 Å². The lowest BCUT2D eigenvalue weighted by Gasteiger charge is -2.32. The number of aromatic nitrogens is 1. The molecule has 1 aliphatic heterocycles. The standard InChI is InChI=1S/C18H19N3O/c1-21-16-4-2-12(8-13(16)3-5-17(21)22)14-9-15(11-20-10-14)18(19)6-7-18/h2-5,9-11,13H,6-8,19H2,1H3. The minimum absolute atomic E-state index is 0.0434. The van der Waals surface area contributed by atoms with Crippen molar-refractivity contribution < 1.29 is 4.79 Å². The van der Waals surface area contributed by atoms with E-state index in [1.807, 2.05) is 31.6 Å². The summed E-state index contributed by atoms with van der Waals surface area (Å²) in [6, 6.07) is 2.17. The van der Waals surface area contributed by atoms with Crippen molar-refractivity contribution in [3.8, 4) is 0 Å². The lowest BCUT2D eigenvalue weighted by Crippen LogP contribution is -2.32. The highest BCUT2D eigenvalue weighted by atomic mass is 16.2. The van der Waals surface area contributed by atoms with Crippen molar-refractivity contribution in [2.24, 2.45) is 11.7 Å². The molecule has 1 atom stereocenters. The first-order valence-corrected chi connectivity index (χ1v) is 7.68. The lowest BCUT2D eigenvalue weighted by molar-refractivity contribution is -0.123. The van der Waals surface area contributed by atoms with Crippen molar-refractivity contribution >= 4 is 11.5 Å². The Labute approximate surface area is 130 Å². The van der Waals surface area contributed by atoms with E-state index >= 15 is 0 Å². The fourth-order valence-electron chi connectivity index (χ4n) is 3.21. The Balaban J connectivity index is 1.68. The summed E-state index contributed by atoms with van der Waals surface area (Å²) in [5.74, 6) is 0.306. The van der Waals surface area contributed by atoms with Crippen LogP contribution in [0.15, 0.2) is 48.5 Å². The summed E-state index contributed by atoms with van der Waals surface area (Å²) in [5, 5.41) is 0. The molecule has 4 nitrogen and oxygen atoms in total. The number of fused-ring (bicyclic) bond motifs is 1. The highest BCUT2D eigenvalue weighted by molar-refractivity contribution is 5.90. The van der Waals surface area contributed by atoms with Gasteiger partial charge >= 0.3 is 0 Å². The van der Waals surface area contributed by atoms with Gasteiger partial charge in [0.2, 0.25) is 5.91 Å². The Hall–Kier alpha value is -2.20. The smallest absolute Gasteiger partial charge is 0.250 e. The normalized spacial score (nSPS) is 25.5. The number of carbonyl (C=O) groups is 1. The van der Waals surface area contributed by atoms with Gasteiger partial charge in [-0.15, -0.1) is 0 Å². The second kappa shape index (κ2) is 4.65. The largest absolute Gasteiger partial charge is 0.321 e. The first kappa shape index (κ1) is 13.5. The van der Waals surface area contributed by atoms with Crippen LogP contribution in [0.25, 0.3) is 5.57 Å². The molecule has 1 aromatic heterocycles. The number of allylic oxidation sites excluding steroid dienone is 4. The lowest BCUT2D eigenvalue weighted by atomic mass is 9.85. The van der Waals surface area contributed by atoms with Crippen molar-refractivity contribution in [2.45, 2.75) is 24.8 Å². The number of nitrogens with two attached hydrogens (primary N) is 1. The van der Waals surface area contributed by atoms with E-state index in [4.69, 9.17) is 5.73 Å². The molecule has 1 amide bonds. The maximum Gasteiger partial charge on any atom is 0.250 e. The van der Waals surface area contributed by atoms with E-state index in [1.165, 1.54) is 5.57 Å². The van der Waals surface area contributed by atoms with Gasteiger partial charge in [0.05, 0.1) is 0 Å². The number of nitrogens with zero attached hydrogens (tertiary/aromatic N) is 2. The van der Waals surface area contributed by atoms with Crippen LogP contribution in [0.4, 0.5) is 0 Å². The van der Waals surface area contributed by atoms with E-state index in [9.17, 15) is 4.79 Å². The van der Waals surface area contributed by atoms with Crippen molar-refractivity contribution in [3.05, 3.63) is 59.6 Å². The molecule has 4 rings (SSSR count). The topological polar surface area (TPSA) is 59.2 Å². The number of carbonyl (C=O) groups excluding carboxylic acids is 1. The van der Waals surface area contributed by atoms with Crippen molar-refractivity contribution in [1.82, 2.24) is 9.88 Å². The molecule has 1 unspecified atom stereocenters. The number of rotatable bonds is 2. The molecule has 0 spiro atoms. The minimum Gasteiger partial charge on any atom is -0.321 e. The number of likely N-dealkylation sites (N-methyl/N-ethyl adjacent to an activating group) is 1. The van der Waals surface area contributed by atoms with Crippen molar-refractivity contribution in [1.29, 1.82) is 0 Å². The zero-order valence-electron chi connectivity index (χ0n) is 12.6. The van der Waals surface area contributed by atoms with Crippen LogP contribution in [0.5, 0.6) is 0 Å². The quantitative estimate of drug-likeness (QED) is 0.910. The molecule has 4 heteroatoms. The molecule has 0 saturated heterocycles. The molecule has 2 N–H and O–H groups in total. The van der Waals surface area contributed by atoms with Gasteiger partial charge < -0.3 is 10.6 Å². The summed E-state index contributed by atoms with van der Waals surface area (Å²) >= 11 is 0. The van der Waals surface area contributed by atoms with Gasteiger partial charge in [-0.05, 0) is 48.1 Å². The van der Waals surface area contributed by atoms with Crippen LogP contribution >= 0.6 is 0 Å². The summed E-state index contributed by atoms with van der Waals surface area (Å²) in [5.41, 5.74) is 10.7. The summed E-state index contributed by atoms with van der Waals surface area (Å²) in [6.07, 6.45) is 14.6. The monoisotopic (exact) mass is 293 g/mol. The average Bonchev–Trinajstić information content (AvgIpc) is 3.30. The highest BCUT2D eigenvalue weighted by Gasteiger charge is 2.40. The van der Waals surface area contributed by atoms with Gasteiger partial charge in [0, 0.05) is 42.7 Å². The highest BCUT2D eigenvalue weighted by Crippen LogP contribution is 2.43. The molecule has 0 aromatic carbocycles. The third-order valence-electron chi connectivity index (χ3n) is 4.94. The minimum atomic E-state index is -0.156. The van der Waals surface area contributed by atoms with Crippen LogP contribution in [-0.4, -0.2) is 22.8 Å². The van der Waals surface area contributed by atoms with Crippen LogP contribution in [-0.2, 0) is 10.3 Å². The summed E-state index contributed by atoms with van der Waals surface area (Å²) < 4.78 is 0. The maximum absolute atomic E-state index is 11.7. The molecule has 112 valence electrons. The SMILES string of the molecule is CN1C(=O)C=CC2CC(c3cncc(C4(N)CC4)c3)=CC=C21. The fourth-order valence-corrected chi connectivity index (χ4v) is 3.21. The molecule has 0 bridgehead atoms. The molecule has 1 aromatic rings. The summed E-state index contributed by atoms with van der Waals surface area (Å²) in [4.78, 5) is 17.8. The third kappa shape index (κ3) is 2.11. The van der Waals surface area contributed by atoms with Gasteiger partial charge in [-0.1, -0.05) is 12.2 Å². The van der Waals surface area contributed by atoms with Crippen LogP contribution in [0, 0.1) is 5.92 Å². The van der Waals surface area contributed by atoms with Gasteiger partial charge in [-0.25, -0.2) is 0 Å². The maximum atomic E-state index is 11.7. The molecule has 2 aliphatic carbocycles. The van der Waals surface area contributed by atoms with Gasteiger partial charge in [-0.2, -0.15) is 0 Å². The molecule has 2 heterocycles. The Kier molecular flexibility index (Phi) is 2.84. The molecular weight excluding hydrogens is 274 g/mol. The van der Waals surface area contributed by atoms with E-state index < -0.39 is 0 Å². The van der Waals surface area contributed by atoms with Gasteiger partial charge in [0.1, 0.15) is 0 Å². The Morgan fingerprint density at radius 3 is 2.91 bits per heavy atom. The Morgan fingerprint density at radius 1 is 1.32 bits per heavy atom. The van der Waals surface area contributed by atoms with E-state index in [0.717, 1.165) is 36.1 Å². The van der Waals surface area contributed by atoms with E-state index in [2.05, 4.69) is 17.1 Å². The predicted octanol–water partition coefficient (Wildman–Crippen LogP) is 2.34. The molecule has 1 fully saturated rings. The molecule has 3 aliphatic rings. The number of amides is 1. The number of hydrogen-bond donors (Lipinski definition) is 1. The van der Waals surface area contributed by atoms with E-state index in [0.29, 0.717) is 0 Å². The van der Waals surface area contributed by atoms with Crippen LogP contribution in [0.1, 0.15) is 30.4 Å². The van der Waals surface area contributed by atoms with Crippen LogP contribution in [0.2, 0.25) is 0 Å². The summed E-state index contributed by atoms with van der Waals surface area (Å²) in [6.45, 7) is 0. The molecule has 22 heavy (non-hydrogen) atoms. The van der Waals surface area contributed by atoms with E-state index in [-0.39, 0.29) is 17.4 Å². The van der Waals surface area contributed by atoms with Gasteiger partial charge in [-0.3, -0.25) is 9.78 Å². The second-order valence-electron chi connectivity index (χ2n) is 6.47. The molecule has 1 saturated carbocycles. The predicted molar refractivity (Wildman–Crippen MR) is 85.4 cm³/mol. The fraction of sp³-hybridized carbons (Fsp3) is 0.333. The molecule has 0 radical (unpaired) electrons. The first-order chi connectivity index (χ1) is 10.6. The van der Waals surface area contributed by atoms with Gasteiger partial charge in [0.25, 0.3) is 0 Å². The first-order valence-electron chi connectivity index (χ1n) is 7.68. The third-order valence-corrected chi connectivity index (χ3v) is 4.94. The van der Waals surface area contributed by atoms with Crippen LogP contribution in [0.3, 0.4) is 0 Å². The number of hydrogen-bond acceptors (Lipinski definition) is 3.